The van der Waals surface area contributed by atoms with Crippen molar-refractivity contribution in [3.63, 3.8) is 0 Å². The summed E-state index contributed by atoms with van der Waals surface area (Å²) in [6, 6.07) is 12.8. The van der Waals surface area contributed by atoms with Gasteiger partial charge in [-0.25, -0.2) is 9.18 Å². The van der Waals surface area contributed by atoms with Gasteiger partial charge in [0.05, 0.1) is 11.3 Å². The van der Waals surface area contributed by atoms with Gasteiger partial charge >= 0.3 is 5.97 Å². The summed E-state index contributed by atoms with van der Waals surface area (Å²) < 4.78 is 15.0. The highest BCUT2D eigenvalue weighted by Crippen LogP contribution is 2.24. The number of nitrogens with zero attached hydrogens (tertiary/aromatic N) is 3. The molecule has 4 rings (SSSR count). The normalized spacial score (nSPS) is 15.6. The molecule has 2 heterocycles. The Hall–Kier alpha value is -3.03. The van der Waals surface area contributed by atoms with Crippen molar-refractivity contribution in [2.75, 3.05) is 26.2 Å². The van der Waals surface area contributed by atoms with E-state index in [9.17, 15) is 19.1 Å². The lowest BCUT2D eigenvalue weighted by atomic mass is 10.0. The largest absolute Gasteiger partial charge is 0.478 e. The number of halogens is 1. The SMILES string of the molecule is CC(C)N1CCN(Cc2c(C(=O)O)c3ccccc3c(=O)n2-c2ccc(F)cc2)CC1. The predicted octanol–water partition coefficient (Wildman–Crippen LogP) is 3.35. The second-order valence-corrected chi connectivity index (χ2v) is 8.20. The smallest absolute Gasteiger partial charge is 0.338 e. The average Bonchev–Trinajstić information content (AvgIpc) is 2.75. The Morgan fingerprint density at radius 2 is 1.61 bits per heavy atom. The van der Waals surface area contributed by atoms with Gasteiger partial charge in [0.25, 0.3) is 5.56 Å². The van der Waals surface area contributed by atoms with Crippen molar-refractivity contribution in [2.24, 2.45) is 0 Å². The van der Waals surface area contributed by atoms with E-state index in [1.807, 2.05) is 0 Å². The van der Waals surface area contributed by atoms with Gasteiger partial charge in [0.15, 0.2) is 0 Å². The fourth-order valence-electron chi connectivity index (χ4n) is 4.30. The van der Waals surface area contributed by atoms with Crippen molar-refractivity contribution in [1.82, 2.24) is 14.4 Å². The van der Waals surface area contributed by atoms with Crippen LogP contribution >= 0.6 is 0 Å². The molecule has 0 atom stereocenters. The first kappa shape index (κ1) is 21.2. The zero-order valence-electron chi connectivity index (χ0n) is 17.7. The molecule has 1 saturated heterocycles. The Morgan fingerprint density at radius 1 is 1.00 bits per heavy atom. The van der Waals surface area contributed by atoms with Crippen LogP contribution in [0.4, 0.5) is 4.39 Å². The molecule has 0 amide bonds. The number of hydrogen-bond acceptors (Lipinski definition) is 4. The molecule has 1 aromatic heterocycles. The molecular weight excluding hydrogens is 397 g/mol. The van der Waals surface area contributed by atoms with Gasteiger partial charge in [-0.1, -0.05) is 18.2 Å². The third kappa shape index (κ3) is 4.11. The summed E-state index contributed by atoms with van der Waals surface area (Å²) in [7, 11) is 0. The number of piperazine rings is 1. The van der Waals surface area contributed by atoms with Gasteiger partial charge < -0.3 is 5.11 Å². The Kier molecular flexibility index (Phi) is 5.89. The first-order chi connectivity index (χ1) is 14.9. The Morgan fingerprint density at radius 3 is 2.19 bits per heavy atom. The van der Waals surface area contributed by atoms with Crippen LogP contribution in [0.15, 0.2) is 53.3 Å². The highest BCUT2D eigenvalue weighted by atomic mass is 19.1. The summed E-state index contributed by atoms with van der Waals surface area (Å²) in [5.74, 6) is -1.50. The van der Waals surface area contributed by atoms with E-state index in [2.05, 4.69) is 23.6 Å². The number of carboxylic acid groups (broad SMARTS) is 1. The summed E-state index contributed by atoms with van der Waals surface area (Å²) in [5, 5.41) is 10.9. The third-order valence-corrected chi connectivity index (χ3v) is 6.00. The maximum atomic E-state index is 13.5. The number of aromatic carboxylic acids is 1. The van der Waals surface area contributed by atoms with E-state index in [0.717, 1.165) is 26.2 Å². The maximum absolute atomic E-state index is 13.5. The van der Waals surface area contributed by atoms with E-state index >= 15 is 0 Å². The lowest BCUT2D eigenvalue weighted by molar-refractivity contribution is 0.0692. The fraction of sp³-hybridized carbons (Fsp3) is 0.333. The van der Waals surface area contributed by atoms with Gasteiger partial charge in [0.1, 0.15) is 5.82 Å². The monoisotopic (exact) mass is 423 g/mol. The second-order valence-electron chi connectivity index (χ2n) is 8.20. The van der Waals surface area contributed by atoms with Crippen LogP contribution in [0.5, 0.6) is 0 Å². The average molecular weight is 423 g/mol. The number of rotatable bonds is 5. The first-order valence-electron chi connectivity index (χ1n) is 10.5. The highest BCUT2D eigenvalue weighted by molar-refractivity contribution is 6.04. The van der Waals surface area contributed by atoms with Crippen molar-refractivity contribution in [1.29, 1.82) is 0 Å². The number of benzene rings is 2. The van der Waals surface area contributed by atoms with Crippen molar-refractivity contribution < 1.29 is 14.3 Å². The number of pyridine rings is 1. The quantitative estimate of drug-likeness (QED) is 0.682. The minimum atomic E-state index is -1.08. The molecule has 1 aliphatic rings. The summed E-state index contributed by atoms with van der Waals surface area (Å²) in [6.07, 6.45) is 0. The van der Waals surface area contributed by atoms with E-state index in [0.29, 0.717) is 34.7 Å². The minimum Gasteiger partial charge on any atom is -0.478 e. The molecule has 0 saturated carbocycles. The van der Waals surface area contributed by atoms with Gasteiger partial charge in [-0.15, -0.1) is 0 Å². The van der Waals surface area contributed by atoms with Crippen molar-refractivity contribution in [3.05, 3.63) is 76.0 Å². The van der Waals surface area contributed by atoms with Crippen LogP contribution in [0.2, 0.25) is 0 Å². The summed E-state index contributed by atoms with van der Waals surface area (Å²) >= 11 is 0. The zero-order valence-corrected chi connectivity index (χ0v) is 17.7. The molecule has 0 unspecified atom stereocenters. The van der Waals surface area contributed by atoms with E-state index in [-0.39, 0.29) is 11.1 Å². The third-order valence-electron chi connectivity index (χ3n) is 6.00. The van der Waals surface area contributed by atoms with Crippen molar-refractivity contribution in [3.8, 4) is 5.69 Å². The van der Waals surface area contributed by atoms with Crippen LogP contribution in [0.25, 0.3) is 16.5 Å². The number of carbonyl (C=O) groups is 1. The number of hydrogen-bond donors (Lipinski definition) is 1. The molecule has 6 nitrogen and oxygen atoms in total. The van der Waals surface area contributed by atoms with Crippen LogP contribution in [-0.4, -0.2) is 57.7 Å². The molecule has 0 bridgehead atoms. The molecule has 1 N–H and O–H groups in total. The highest BCUT2D eigenvalue weighted by Gasteiger charge is 2.26. The van der Waals surface area contributed by atoms with Crippen molar-refractivity contribution >= 4 is 16.7 Å². The summed E-state index contributed by atoms with van der Waals surface area (Å²) in [5.41, 5.74) is 0.685. The second kappa shape index (κ2) is 8.61. The molecule has 162 valence electrons. The molecule has 0 spiro atoms. The van der Waals surface area contributed by atoms with Crippen LogP contribution in [-0.2, 0) is 6.54 Å². The van der Waals surface area contributed by atoms with Crippen LogP contribution in [0.3, 0.4) is 0 Å². The molecule has 0 radical (unpaired) electrons. The number of fused-ring (bicyclic) bond motifs is 1. The summed E-state index contributed by atoms with van der Waals surface area (Å²) in [6.45, 7) is 7.97. The van der Waals surface area contributed by atoms with Crippen LogP contribution in [0, 0.1) is 5.82 Å². The van der Waals surface area contributed by atoms with Crippen molar-refractivity contribution in [2.45, 2.75) is 26.4 Å². The van der Waals surface area contributed by atoms with Gasteiger partial charge in [0, 0.05) is 55.2 Å². The lowest BCUT2D eigenvalue weighted by Crippen LogP contribution is -2.49. The van der Waals surface area contributed by atoms with Gasteiger partial charge in [0.2, 0.25) is 0 Å². The predicted molar refractivity (Wildman–Crippen MR) is 118 cm³/mol. The first-order valence-corrected chi connectivity index (χ1v) is 10.5. The number of aromatic nitrogens is 1. The van der Waals surface area contributed by atoms with Gasteiger partial charge in [-0.3, -0.25) is 19.2 Å². The Labute approximate surface area is 180 Å². The molecule has 7 heteroatoms. The summed E-state index contributed by atoms with van der Waals surface area (Å²) in [4.78, 5) is 30.4. The van der Waals surface area contributed by atoms with Crippen LogP contribution in [0.1, 0.15) is 29.9 Å². The Bertz CT molecular complexity index is 1160. The van der Waals surface area contributed by atoms with E-state index in [1.165, 1.54) is 28.8 Å². The fourth-order valence-corrected chi connectivity index (χ4v) is 4.30. The van der Waals surface area contributed by atoms with E-state index < -0.39 is 11.8 Å². The maximum Gasteiger partial charge on any atom is 0.338 e. The van der Waals surface area contributed by atoms with E-state index in [1.54, 1.807) is 24.3 Å². The molecule has 2 aromatic carbocycles. The molecule has 3 aromatic rings. The topological polar surface area (TPSA) is 65.8 Å². The zero-order chi connectivity index (χ0) is 22.1. The van der Waals surface area contributed by atoms with Gasteiger partial charge in [-0.05, 0) is 44.2 Å². The molecule has 31 heavy (non-hydrogen) atoms. The molecule has 1 fully saturated rings. The standard InChI is InChI=1S/C24H26FN3O3/c1-16(2)27-13-11-26(12-14-27)15-21-22(24(30)31)19-5-3-4-6-20(19)23(29)28(21)18-9-7-17(25)8-10-18/h3-10,16H,11-15H2,1-2H3,(H,30,31). The minimum absolute atomic E-state index is 0.116. The van der Waals surface area contributed by atoms with Gasteiger partial charge in [-0.2, -0.15) is 0 Å². The molecule has 1 aliphatic heterocycles. The number of carboxylic acids is 1. The van der Waals surface area contributed by atoms with Crippen LogP contribution < -0.4 is 5.56 Å². The van der Waals surface area contributed by atoms with E-state index in [4.69, 9.17) is 0 Å². The lowest BCUT2D eigenvalue weighted by Gasteiger charge is -2.37. The Balaban J connectivity index is 1.88. The molecule has 0 aliphatic carbocycles. The molecular formula is C24H26FN3O3.